The molecule has 0 unspecified atom stereocenters. The number of carbonyl (C=O) groups excluding carboxylic acids is 1. The average molecular weight is 211 g/mol. The van der Waals surface area contributed by atoms with Gasteiger partial charge in [-0.1, -0.05) is 0 Å². The van der Waals surface area contributed by atoms with E-state index in [1.165, 1.54) is 6.26 Å². The van der Waals surface area contributed by atoms with Crippen molar-refractivity contribution < 1.29 is 13.9 Å². The van der Waals surface area contributed by atoms with Crippen LogP contribution in [0.2, 0.25) is 0 Å². The molecule has 0 saturated carbocycles. The maximum absolute atomic E-state index is 11.2. The Morgan fingerprint density at radius 1 is 1.53 bits per heavy atom. The number of nitrogens with zero attached hydrogens (tertiary/aromatic N) is 2. The van der Waals surface area contributed by atoms with Crippen LogP contribution in [0.1, 0.15) is 10.5 Å². The number of ether oxygens (including phenoxy) is 1. The van der Waals surface area contributed by atoms with Gasteiger partial charge in [-0.15, -0.1) is 0 Å². The van der Waals surface area contributed by atoms with Crippen LogP contribution in [0.25, 0.3) is 0 Å². The Morgan fingerprint density at radius 2 is 2.27 bits per heavy atom. The third-order valence-corrected chi connectivity index (χ3v) is 2.23. The second-order valence-corrected chi connectivity index (χ2v) is 3.19. The summed E-state index contributed by atoms with van der Waals surface area (Å²) in [5.74, 6) is -0.238. The Balaban J connectivity index is 2.08. The summed E-state index contributed by atoms with van der Waals surface area (Å²) >= 11 is 0. The molecule has 1 aliphatic heterocycles. The van der Waals surface area contributed by atoms with Crippen molar-refractivity contribution in [2.24, 2.45) is 0 Å². The topological polar surface area (TPSA) is 67.6 Å². The smallest absolute Gasteiger partial charge is 0.298 e. The fourth-order valence-corrected chi connectivity index (χ4v) is 1.40. The zero-order valence-electron chi connectivity index (χ0n) is 8.52. The molecule has 0 spiro atoms. The van der Waals surface area contributed by atoms with Gasteiger partial charge in [-0.25, -0.2) is 0 Å². The van der Waals surface area contributed by atoms with E-state index in [1.807, 2.05) is 4.90 Å². The van der Waals surface area contributed by atoms with Crippen LogP contribution in [0, 0.1) is 0 Å². The maximum atomic E-state index is 11.2. The number of aromatic nitrogens is 1. The van der Waals surface area contributed by atoms with E-state index in [2.05, 4.69) is 10.3 Å². The number of anilines is 1. The van der Waals surface area contributed by atoms with E-state index in [9.17, 15) is 4.79 Å². The molecule has 82 valence electrons. The number of carbonyl (C=O) groups is 1. The monoisotopic (exact) mass is 211 g/mol. The molecular formula is C9H13N3O3. The summed E-state index contributed by atoms with van der Waals surface area (Å²) in [6, 6.07) is 0.483. The van der Waals surface area contributed by atoms with E-state index in [1.54, 1.807) is 7.05 Å². The number of morpholine rings is 1. The minimum atomic E-state index is -0.238. The molecule has 6 nitrogen and oxygen atoms in total. The first kappa shape index (κ1) is 9.97. The molecule has 0 aliphatic carbocycles. The van der Waals surface area contributed by atoms with E-state index in [0.717, 1.165) is 13.1 Å². The van der Waals surface area contributed by atoms with Gasteiger partial charge in [-0.3, -0.25) is 4.79 Å². The van der Waals surface area contributed by atoms with E-state index < -0.39 is 0 Å². The van der Waals surface area contributed by atoms with Gasteiger partial charge in [0.05, 0.1) is 13.2 Å². The highest BCUT2D eigenvalue weighted by atomic mass is 16.5. The van der Waals surface area contributed by atoms with Crippen molar-refractivity contribution in [2.45, 2.75) is 0 Å². The van der Waals surface area contributed by atoms with E-state index in [4.69, 9.17) is 9.15 Å². The number of amides is 1. The SMILES string of the molecule is CNC(=O)c1coc(N2CCOCC2)n1. The van der Waals surface area contributed by atoms with Gasteiger partial charge in [-0.05, 0) is 0 Å². The van der Waals surface area contributed by atoms with Gasteiger partial charge in [0.25, 0.3) is 11.9 Å². The van der Waals surface area contributed by atoms with Crippen molar-refractivity contribution >= 4 is 11.9 Å². The zero-order chi connectivity index (χ0) is 10.7. The highest BCUT2D eigenvalue weighted by Gasteiger charge is 2.18. The minimum Gasteiger partial charge on any atom is -0.431 e. The molecule has 1 N–H and O–H groups in total. The first-order valence-corrected chi connectivity index (χ1v) is 4.81. The van der Waals surface area contributed by atoms with Crippen LogP contribution in [-0.2, 0) is 4.74 Å². The Morgan fingerprint density at radius 3 is 2.93 bits per heavy atom. The highest BCUT2D eigenvalue weighted by molar-refractivity contribution is 5.91. The van der Waals surface area contributed by atoms with Crippen molar-refractivity contribution in [3.63, 3.8) is 0 Å². The summed E-state index contributed by atoms with van der Waals surface area (Å²) in [5, 5.41) is 2.49. The molecule has 0 radical (unpaired) electrons. The molecule has 0 aromatic carbocycles. The maximum Gasteiger partial charge on any atom is 0.298 e. The predicted octanol–water partition coefficient (Wildman–Crippen LogP) is -0.129. The van der Waals surface area contributed by atoms with Crippen LogP contribution in [0.3, 0.4) is 0 Å². The van der Waals surface area contributed by atoms with Crippen molar-refractivity contribution in [3.05, 3.63) is 12.0 Å². The molecular weight excluding hydrogens is 198 g/mol. The van der Waals surface area contributed by atoms with Crippen LogP contribution in [-0.4, -0.2) is 44.2 Å². The number of rotatable bonds is 2. The number of oxazole rings is 1. The van der Waals surface area contributed by atoms with Gasteiger partial charge in [-0.2, -0.15) is 4.98 Å². The van der Waals surface area contributed by atoms with Gasteiger partial charge in [0, 0.05) is 20.1 Å². The summed E-state index contributed by atoms with van der Waals surface area (Å²) in [6.45, 7) is 2.82. The molecule has 1 aromatic heterocycles. The molecule has 15 heavy (non-hydrogen) atoms. The lowest BCUT2D eigenvalue weighted by atomic mass is 10.4. The fourth-order valence-electron chi connectivity index (χ4n) is 1.40. The number of nitrogens with one attached hydrogen (secondary N) is 1. The summed E-state index contributed by atoms with van der Waals surface area (Å²) < 4.78 is 10.4. The van der Waals surface area contributed by atoms with Gasteiger partial charge in [0.2, 0.25) is 0 Å². The average Bonchev–Trinajstić information content (AvgIpc) is 2.78. The van der Waals surface area contributed by atoms with Crippen molar-refractivity contribution in [2.75, 3.05) is 38.3 Å². The predicted molar refractivity (Wildman–Crippen MR) is 52.9 cm³/mol. The van der Waals surface area contributed by atoms with Gasteiger partial charge >= 0.3 is 0 Å². The van der Waals surface area contributed by atoms with Crippen molar-refractivity contribution in [3.8, 4) is 0 Å². The lowest BCUT2D eigenvalue weighted by molar-refractivity contribution is 0.0958. The molecule has 0 bridgehead atoms. The normalized spacial score (nSPS) is 16.5. The highest BCUT2D eigenvalue weighted by Crippen LogP contribution is 2.14. The van der Waals surface area contributed by atoms with Gasteiger partial charge in [0.15, 0.2) is 5.69 Å². The summed E-state index contributed by atoms with van der Waals surface area (Å²) in [4.78, 5) is 17.3. The van der Waals surface area contributed by atoms with Crippen molar-refractivity contribution in [1.29, 1.82) is 0 Å². The van der Waals surface area contributed by atoms with Crippen LogP contribution >= 0.6 is 0 Å². The largest absolute Gasteiger partial charge is 0.431 e. The first-order valence-electron chi connectivity index (χ1n) is 4.81. The Bertz CT molecular complexity index is 344. The molecule has 0 atom stereocenters. The standard InChI is InChI=1S/C9H13N3O3/c1-10-8(13)7-6-15-9(11-7)12-2-4-14-5-3-12/h6H,2-5H2,1H3,(H,10,13). The first-order chi connectivity index (χ1) is 7.31. The van der Waals surface area contributed by atoms with E-state index >= 15 is 0 Å². The molecule has 6 heteroatoms. The van der Waals surface area contributed by atoms with Crippen LogP contribution < -0.4 is 10.2 Å². The zero-order valence-corrected chi connectivity index (χ0v) is 8.52. The lowest BCUT2D eigenvalue weighted by Gasteiger charge is -2.24. The third kappa shape index (κ3) is 2.10. The summed E-state index contributed by atoms with van der Waals surface area (Å²) in [7, 11) is 1.56. The van der Waals surface area contributed by atoms with E-state index in [-0.39, 0.29) is 5.91 Å². The second kappa shape index (κ2) is 4.31. The summed E-state index contributed by atoms with van der Waals surface area (Å²) in [6.07, 6.45) is 1.36. The van der Waals surface area contributed by atoms with Gasteiger partial charge < -0.3 is 19.4 Å². The Hall–Kier alpha value is -1.56. The van der Waals surface area contributed by atoms with Crippen LogP contribution in [0.15, 0.2) is 10.7 Å². The molecule has 1 saturated heterocycles. The third-order valence-electron chi connectivity index (χ3n) is 2.23. The molecule has 1 amide bonds. The molecule has 1 aromatic rings. The molecule has 1 fully saturated rings. The number of hydrogen-bond acceptors (Lipinski definition) is 5. The minimum absolute atomic E-state index is 0.238. The van der Waals surface area contributed by atoms with Gasteiger partial charge in [0.1, 0.15) is 6.26 Å². The molecule has 1 aliphatic rings. The Kier molecular flexibility index (Phi) is 2.86. The molecule has 2 heterocycles. The lowest BCUT2D eigenvalue weighted by Crippen LogP contribution is -2.36. The van der Waals surface area contributed by atoms with Crippen LogP contribution in [0.5, 0.6) is 0 Å². The molecule has 2 rings (SSSR count). The quantitative estimate of drug-likeness (QED) is 0.738. The Labute approximate surface area is 87.2 Å². The van der Waals surface area contributed by atoms with Crippen LogP contribution in [0.4, 0.5) is 6.01 Å². The summed E-state index contributed by atoms with van der Waals surface area (Å²) in [5.41, 5.74) is 0.305. The van der Waals surface area contributed by atoms with Crippen molar-refractivity contribution in [1.82, 2.24) is 10.3 Å². The van der Waals surface area contributed by atoms with E-state index in [0.29, 0.717) is 24.9 Å². The second-order valence-electron chi connectivity index (χ2n) is 3.19. The number of hydrogen-bond donors (Lipinski definition) is 1. The fraction of sp³-hybridized carbons (Fsp3) is 0.556.